The Bertz CT molecular complexity index is 651. The van der Waals surface area contributed by atoms with Crippen molar-refractivity contribution >= 4 is 5.91 Å². The van der Waals surface area contributed by atoms with E-state index >= 15 is 0 Å². The number of para-hydroxylation sites is 1. The van der Waals surface area contributed by atoms with Crippen LogP contribution in [0.25, 0.3) is 0 Å². The molecule has 0 unspecified atom stereocenters. The molecule has 0 aliphatic rings. The number of hydrogen-bond acceptors (Lipinski definition) is 4. The minimum Gasteiger partial charge on any atom is -0.496 e. The molecule has 2 aromatic rings. The van der Waals surface area contributed by atoms with Crippen molar-refractivity contribution in [1.82, 2.24) is 9.80 Å². The number of furan rings is 1. The van der Waals surface area contributed by atoms with Gasteiger partial charge in [-0.25, -0.2) is 0 Å². The zero-order valence-electron chi connectivity index (χ0n) is 14.2. The number of methoxy groups -OCH3 is 1. The monoisotopic (exact) mass is 316 g/mol. The van der Waals surface area contributed by atoms with Crippen molar-refractivity contribution in [3.8, 4) is 5.75 Å². The van der Waals surface area contributed by atoms with Gasteiger partial charge in [0.2, 0.25) is 5.91 Å². The molecule has 0 bridgehead atoms. The number of hydrogen-bond donors (Lipinski definition) is 0. The number of likely N-dealkylation sites (N-methyl/N-ethyl adjacent to an activating group) is 2. The maximum Gasteiger partial charge on any atom is 0.236 e. The first-order valence-electron chi connectivity index (χ1n) is 7.59. The molecule has 0 aliphatic heterocycles. The first kappa shape index (κ1) is 17.1. The van der Waals surface area contributed by atoms with E-state index in [9.17, 15) is 4.79 Å². The van der Waals surface area contributed by atoms with Crippen LogP contribution in [0.5, 0.6) is 5.75 Å². The molecule has 0 spiro atoms. The quantitative estimate of drug-likeness (QED) is 0.788. The third-order valence-electron chi connectivity index (χ3n) is 3.65. The van der Waals surface area contributed by atoms with E-state index in [1.807, 2.05) is 55.3 Å². The van der Waals surface area contributed by atoms with E-state index in [0.29, 0.717) is 19.6 Å². The van der Waals surface area contributed by atoms with Crippen LogP contribution in [0, 0.1) is 6.92 Å². The Morgan fingerprint density at radius 1 is 1.13 bits per heavy atom. The Hall–Kier alpha value is -2.27. The largest absolute Gasteiger partial charge is 0.496 e. The number of rotatable bonds is 7. The molecule has 0 atom stereocenters. The number of nitrogens with zero attached hydrogens (tertiary/aromatic N) is 2. The fourth-order valence-corrected chi connectivity index (χ4v) is 2.42. The third-order valence-corrected chi connectivity index (χ3v) is 3.65. The summed E-state index contributed by atoms with van der Waals surface area (Å²) in [7, 11) is 5.35. The Kier molecular flexibility index (Phi) is 5.82. The van der Waals surface area contributed by atoms with Gasteiger partial charge in [-0.05, 0) is 32.2 Å². The van der Waals surface area contributed by atoms with Gasteiger partial charge in [-0.3, -0.25) is 9.69 Å². The van der Waals surface area contributed by atoms with Gasteiger partial charge in [-0.2, -0.15) is 0 Å². The van der Waals surface area contributed by atoms with Crippen LogP contribution in [0.2, 0.25) is 0 Å². The van der Waals surface area contributed by atoms with Crippen LogP contribution < -0.4 is 4.74 Å². The van der Waals surface area contributed by atoms with E-state index in [1.54, 1.807) is 19.1 Å². The highest BCUT2D eigenvalue weighted by Crippen LogP contribution is 2.18. The molecule has 1 aromatic heterocycles. The van der Waals surface area contributed by atoms with Gasteiger partial charge < -0.3 is 14.1 Å². The van der Waals surface area contributed by atoms with Crippen LogP contribution >= 0.6 is 0 Å². The molecule has 0 saturated heterocycles. The molecular formula is C18H24N2O3. The molecule has 5 heteroatoms. The van der Waals surface area contributed by atoms with Crippen molar-refractivity contribution in [3.63, 3.8) is 0 Å². The topological polar surface area (TPSA) is 45.9 Å². The van der Waals surface area contributed by atoms with E-state index in [0.717, 1.165) is 22.8 Å². The van der Waals surface area contributed by atoms with Gasteiger partial charge in [0.15, 0.2) is 0 Å². The molecule has 23 heavy (non-hydrogen) atoms. The predicted octanol–water partition coefficient (Wildman–Crippen LogP) is 2.69. The molecule has 1 amide bonds. The molecule has 0 saturated carbocycles. The molecule has 0 aliphatic carbocycles. The summed E-state index contributed by atoms with van der Waals surface area (Å²) in [5, 5.41) is 0. The average Bonchev–Trinajstić information content (AvgIpc) is 2.92. The van der Waals surface area contributed by atoms with Crippen LogP contribution in [0.4, 0.5) is 0 Å². The fourth-order valence-electron chi connectivity index (χ4n) is 2.42. The highest BCUT2D eigenvalue weighted by Gasteiger charge is 2.15. The average molecular weight is 316 g/mol. The molecule has 2 rings (SSSR count). The van der Waals surface area contributed by atoms with Crippen molar-refractivity contribution in [1.29, 1.82) is 0 Å². The minimum absolute atomic E-state index is 0.0571. The van der Waals surface area contributed by atoms with Crippen LogP contribution in [-0.4, -0.2) is 43.5 Å². The van der Waals surface area contributed by atoms with Crippen LogP contribution in [-0.2, 0) is 17.9 Å². The predicted molar refractivity (Wildman–Crippen MR) is 89.2 cm³/mol. The number of ether oxygens (including phenoxy) is 1. The van der Waals surface area contributed by atoms with Gasteiger partial charge in [0.05, 0.1) is 20.2 Å². The summed E-state index contributed by atoms with van der Waals surface area (Å²) in [6.45, 7) is 3.39. The van der Waals surface area contributed by atoms with Crippen molar-refractivity contribution in [3.05, 3.63) is 53.5 Å². The smallest absolute Gasteiger partial charge is 0.236 e. The lowest BCUT2D eigenvalue weighted by atomic mass is 10.2. The fraction of sp³-hybridized carbons (Fsp3) is 0.389. The normalized spacial score (nSPS) is 10.8. The summed E-state index contributed by atoms with van der Waals surface area (Å²) in [6, 6.07) is 11.6. The van der Waals surface area contributed by atoms with Crippen molar-refractivity contribution < 1.29 is 13.9 Å². The first-order valence-corrected chi connectivity index (χ1v) is 7.59. The second-order valence-electron chi connectivity index (χ2n) is 5.75. The maximum atomic E-state index is 12.4. The first-order chi connectivity index (χ1) is 11.0. The number of carbonyl (C=O) groups is 1. The number of amides is 1. The van der Waals surface area contributed by atoms with E-state index in [2.05, 4.69) is 0 Å². The standard InChI is InChI=1S/C18H24N2O3/c1-14-9-10-16(23-14)12-19(2)13-18(21)20(3)11-15-7-5-6-8-17(15)22-4/h5-10H,11-13H2,1-4H3. The number of benzene rings is 1. The van der Waals surface area contributed by atoms with Gasteiger partial charge in [0, 0.05) is 19.2 Å². The highest BCUT2D eigenvalue weighted by molar-refractivity contribution is 5.78. The molecule has 0 radical (unpaired) electrons. The summed E-state index contributed by atoms with van der Waals surface area (Å²) in [6.07, 6.45) is 0. The van der Waals surface area contributed by atoms with Crippen molar-refractivity contribution in [2.75, 3.05) is 27.7 Å². The number of aryl methyl sites for hydroxylation is 1. The third kappa shape index (κ3) is 4.86. The zero-order chi connectivity index (χ0) is 16.8. The van der Waals surface area contributed by atoms with Gasteiger partial charge in [0.25, 0.3) is 0 Å². The second kappa shape index (κ2) is 7.83. The molecule has 1 heterocycles. The second-order valence-corrected chi connectivity index (χ2v) is 5.75. The molecule has 1 aromatic carbocycles. The van der Waals surface area contributed by atoms with Gasteiger partial charge in [0.1, 0.15) is 17.3 Å². The van der Waals surface area contributed by atoms with Crippen LogP contribution in [0.3, 0.4) is 0 Å². The lowest BCUT2D eigenvalue weighted by molar-refractivity contribution is -0.131. The van der Waals surface area contributed by atoms with E-state index in [1.165, 1.54) is 0 Å². The molecule has 5 nitrogen and oxygen atoms in total. The van der Waals surface area contributed by atoms with Crippen molar-refractivity contribution in [2.24, 2.45) is 0 Å². The summed E-state index contributed by atoms with van der Waals surface area (Å²) in [4.78, 5) is 16.0. The highest BCUT2D eigenvalue weighted by atomic mass is 16.5. The Balaban J connectivity index is 1.89. The maximum absolute atomic E-state index is 12.4. The zero-order valence-corrected chi connectivity index (χ0v) is 14.2. The summed E-state index contributed by atoms with van der Waals surface area (Å²) in [5.41, 5.74) is 0.996. The van der Waals surface area contributed by atoms with E-state index in [4.69, 9.17) is 9.15 Å². The summed E-state index contributed by atoms with van der Waals surface area (Å²) in [5.74, 6) is 2.60. The lowest BCUT2D eigenvalue weighted by Gasteiger charge is -2.22. The van der Waals surface area contributed by atoms with E-state index < -0.39 is 0 Å². The van der Waals surface area contributed by atoms with Crippen LogP contribution in [0.15, 0.2) is 40.8 Å². The Labute approximate surface area is 137 Å². The Morgan fingerprint density at radius 2 is 1.87 bits per heavy atom. The van der Waals surface area contributed by atoms with Crippen LogP contribution in [0.1, 0.15) is 17.1 Å². The lowest BCUT2D eigenvalue weighted by Crippen LogP contribution is -2.36. The van der Waals surface area contributed by atoms with Gasteiger partial charge in [-0.1, -0.05) is 18.2 Å². The summed E-state index contributed by atoms with van der Waals surface area (Å²) >= 11 is 0. The van der Waals surface area contributed by atoms with E-state index in [-0.39, 0.29) is 5.91 Å². The van der Waals surface area contributed by atoms with Crippen molar-refractivity contribution in [2.45, 2.75) is 20.0 Å². The van der Waals surface area contributed by atoms with Gasteiger partial charge >= 0.3 is 0 Å². The molecular weight excluding hydrogens is 292 g/mol. The molecule has 124 valence electrons. The number of carbonyl (C=O) groups excluding carboxylic acids is 1. The minimum atomic E-state index is 0.0571. The SMILES string of the molecule is COc1ccccc1CN(C)C(=O)CN(C)Cc1ccc(C)o1. The summed E-state index contributed by atoms with van der Waals surface area (Å²) < 4.78 is 10.9. The molecule has 0 N–H and O–H groups in total. The molecule has 0 fully saturated rings. The van der Waals surface area contributed by atoms with Gasteiger partial charge in [-0.15, -0.1) is 0 Å². The Morgan fingerprint density at radius 3 is 2.52 bits per heavy atom.